The zero-order valence-corrected chi connectivity index (χ0v) is 19.0. The number of nitrogens with zero attached hydrogens (tertiary/aromatic N) is 7. The molecular weight excluding hydrogens is 432 g/mol. The molecule has 1 aliphatic rings. The first-order valence-corrected chi connectivity index (χ1v) is 12.0. The summed E-state index contributed by atoms with van der Waals surface area (Å²) in [5, 5.41) is 3.99. The Morgan fingerprint density at radius 1 is 1.16 bits per heavy atom. The molecule has 1 aliphatic heterocycles. The third-order valence-corrected chi connectivity index (χ3v) is 7.36. The van der Waals surface area contributed by atoms with Crippen molar-refractivity contribution in [2.24, 2.45) is 5.92 Å². The van der Waals surface area contributed by atoms with Gasteiger partial charge in [0.15, 0.2) is 0 Å². The summed E-state index contributed by atoms with van der Waals surface area (Å²) >= 11 is 0. The van der Waals surface area contributed by atoms with Gasteiger partial charge in [0.1, 0.15) is 6.04 Å². The van der Waals surface area contributed by atoms with Gasteiger partial charge in [-0.05, 0) is 30.9 Å². The van der Waals surface area contributed by atoms with Gasteiger partial charge in [0.2, 0.25) is 39.5 Å². The van der Waals surface area contributed by atoms with Crippen molar-refractivity contribution in [1.82, 2.24) is 29.4 Å². The maximum atomic E-state index is 12.8. The number of nitrogens with two attached hydrogens (primary N) is 1. The molecule has 3 aromatic rings. The molecule has 1 atom stereocenters. The number of aromatic nitrogens is 5. The number of sulfonamides is 1. The molecule has 2 aromatic heterocycles. The lowest BCUT2D eigenvalue weighted by molar-refractivity contribution is 0.290. The molecule has 1 unspecified atom stereocenters. The number of para-hydroxylation sites is 1. The van der Waals surface area contributed by atoms with E-state index in [2.05, 4.69) is 25.1 Å². The number of anilines is 3. The molecule has 1 aromatic carbocycles. The Hall–Kier alpha value is -3.12. The molecule has 0 spiro atoms. The number of rotatable bonds is 7. The highest BCUT2D eigenvalue weighted by Gasteiger charge is 2.38. The summed E-state index contributed by atoms with van der Waals surface area (Å²) in [4.78, 5) is 18.9. The van der Waals surface area contributed by atoms with Crippen molar-refractivity contribution >= 4 is 27.6 Å². The Labute approximate surface area is 186 Å². The van der Waals surface area contributed by atoms with Crippen LogP contribution >= 0.6 is 0 Å². The van der Waals surface area contributed by atoms with Crippen LogP contribution in [0.4, 0.5) is 17.6 Å². The molecule has 2 N–H and O–H groups in total. The monoisotopic (exact) mass is 458 g/mol. The minimum Gasteiger partial charge on any atom is -0.368 e. The summed E-state index contributed by atoms with van der Waals surface area (Å²) in [5.41, 5.74) is 6.77. The highest BCUT2D eigenvalue weighted by molar-refractivity contribution is 7.89. The van der Waals surface area contributed by atoms with E-state index >= 15 is 0 Å². The quantitative estimate of drug-likeness (QED) is 0.560. The number of nitrogen functional groups attached to an aromatic ring is 1. The van der Waals surface area contributed by atoms with Crippen molar-refractivity contribution in [3.8, 4) is 11.6 Å². The topological polar surface area (TPSA) is 144 Å². The highest BCUT2D eigenvalue weighted by Crippen LogP contribution is 2.34. The zero-order valence-electron chi connectivity index (χ0n) is 18.2. The van der Waals surface area contributed by atoms with Crippen molar-refractivity contribution in [2.75, 3.05) is 30.0 Å². The lowest BCUT2D eigenvalue weighted by Crippen LogP contribution is -2.34. The summed E-state index contributed by atoms with van der Waals surface area (Å²) in [6.45, 7) is 4.19. The number of benzene rings is 1. The van der Waals surface area contributed by atoms with Gasteiger partial charge in [-0.15, -0.1) is 0 Å². The van der Waals surface area contributed by atoms with E-state index < -0.39 is 16.1 Å². The van der Waals surface area contributed by atoms with Crippen LogP contribution in [-0.2, 0) is 10.0 Å². The zero-order chi connectivity index (χ0) is 22.9. The van der Waals surface area contributed by atoms with Gasteiger partial charge in [-0.25, -0.2) is 8.42 Å². The van der Waals surface area contributed by atoms with E-state index in [1.54, 1.807) is 4.90 Å². The Bertz CT molecular complexity index is 1180. The standard InChI is InChI=1S/C20H26N8O3S/c1-13(2)12-32(29,30)28-11-7-10-15(28)18-22-17(26-31-18)16-23-19(21)25-20(24-16)27(3)14-8-5-4-6-9-14/h4-6,8-9,13,15H,7,10-12H2,1-3H3,(H2,21,23,24,25). The normalized spacial score (nSPS) is 17.2. The van der Waals surface area contributed by atoms with Crippen molar-refractivity contribution in [2.45, 2.75) is 32.7 Å². The average Bonchev–Trinajstić information content (AvgIpc) is 3.42. The van der Waals surface area contributed by atoms with Crippen LogP contribution in [0, 0.1) is 5.92 Å². The smallest absolute Gasteiger partial charge is 0.245 e. The second-order valence-corrected chi connectivity index (χ2v) is 10.1. The molecule has 0 bridgehead atoms. The van der Waals surface area contributed by atoms with Gasteiger partial charge < -0.3 is 15.2 Å². The minimum atomic E-state index is -3.43. The number of hydrogen-bond donors (Lipinski definition) is 1. The van der Waals surface area contributed by atoms with Crippen molar-refractivity contribution < 1.29 is 12.9 Å². The molecule has 1 fully saturated rings. The first-order valence-electron chi connectivity index (χ1n) is 10.4. The molecule has 11 nitrogen and oxygen atoms in total. The van der Waals surface area contributed by atoms with Crippen LogP contribution in [0.25, 0.3) is 11.6 Å². The van der Waals surface area contributed by atoms with Gasteiger partial charge in [-0.2, -0.15) is 24.2 Å². The lowest BCUT2D eigenvalue weighted by Gasteiger charge is -2.22. The molecule has 170 valence electrons. The third-order valence-electron chi connectivity index (χ3n) is 5.12. The first kappa shape index (κ1) is 22.1. The summed E-state index contributed by atoms with van der Waals surface area (Å²) < 4.78 is 32.5. The molecule has 32 heavy (non-hydrogen) atoms. The SMILES string of the molecule is CC(C)CS(=O)(=O)N1CCCC1c1nc(-c2nc(N)nc(N(C)c3ccccc3)n2)no1. The van der Waals surface area contributed by atoms with Crippen LogP contribution in [0.15, 0.2) is 34.9 Å². The fourth-order valence-electron chi connectivity index (χ4n) is 3.70. The molecule has 1 saturated heterocycles. The summed E-state index contributed by atoms with van der Waals surface area (Å²) in [5.74, 6) is 0.941. The lowest BCUT2D eigenvalue weighted by atomic mass is 10.2. The van der Waals surface area contributed by atoms with E-state index in [0.717, 1.165) is 12.1 Å². The van der Waals surface area contributed by atoms with Crippen molar-refractivity contribution in [1.29, 1.82) is 0 Å². The van der Waals surface area contributed by atoms with Crippen LogP contribution in [0.3, 0.4) is 0 Å². The molecule has 4 rings (SSSR count). The minimum absolute atomic E-state index is 0.0149. The van der Waals surface area contributed by atoms with Gasteiger partial charge >= 0.3 is 0 Å². The molecule has 0 amide bonds. The van der Waals surface area contributed by atoms with Crippen LogP contribution in [0.2, 0.25) is 0 Å². The van der Waals surface area contributed by atoms with E-state index in [4.69, 9.17) is 10.3 Å². The van der Waals surface area contributed by atoms with Gasteiger partial charge in [0, 0.05) is 19.3 Å². The molecule has 0 radical (unpaired) electrons. The predicted octanol–water partition coefficient (Wildman–Crippen LogP) is 2.39. The highest BCUT2D eigenvalue weighted by atomic mass is 32.2. The Morgan fingerprint density at radius 3 is 2.62 bits per heavy atom. The largest absolute Gasteiger partial charge is 0.368 e. The van der Waals surface area contributed by atoms with Crippen molar-refractivity contribution in [3.05, 3.63) is 36.2 Å². The van der Waals surface area contributed by atoms with Gasteiger partial charge in [-0.1, -0.05) is 37.2 Å². The Morgan fingerprint density at radius 2 is 1.91 bits per heavy atom. The molecule has 0 saturated carbocycles. The van der Waals surface area contributed by atoms with Crippen LogP contribution < -0.4 is 10.6 Å². The van der Waals surface area contributed by atoms with Crippen LogP contribution in [-0.4, -0.2) is 57.2 Å². The van der Waals surface area contributed by atoms with E-state index in [9.17, 15) is 8.42 Å². The molecular formula is C20H26N8O3S. The van der Waals surface area contributed by atoms with E-state index in [1.165, 1.54) is 4.31 Å². The fourth-order valence-corrected chi connectivity index (χ4v) is 5.72. The summed E-state index contributed by atoms with van der Waals surface area (Å²) in [6, 6.07) is 9.06. The summed E-state index contributed by atoms with van der Waals surface area (Å²) in [6.07, 6.45) is 1.34. The summed E-state index contributed by atoms with van der Waals surface area (Å²) in [7, 11) is -1.62. The fraction of sp³-hybridized carbons (Fsp3) is 0.450. The van der Waals surface area contributed by atoms with E-state index in [1.807, 2.05) is 51.2 Å². The second-order valence-electron chi connectivity index (χ2n) is 8.11. The average molecular weight is 459 g/mol. The third kappa shape index (κ3) is 4.55. The van der Waals surface area contributed by atoms with E-state index in [0.29, 0.717) is 18.9 Å². The number of hydrogen-bond acceptors (Lipinski definition) is 10. The Balaban J connectivity index is 1.62. The van der Waals surface area contributed by atoms with E-state index in [-0.39, 0.29) is 35.2 Å². The molecule has 12 heteroatoms. The van der Waals surface area contributed by atoms with Crippen molar-refractivity contribution in [3.63, 3.8) is 0 Å². The maximum Gasteiger partial charge on any atom is 0.245 e. The molecule has 3 heterocycles. The van der Waals surface area contributed by atoms with Gasteiger partial charge in [-0.3, -0.25) is 0 Å². The first-order chi connectivity index (χ1) is 15.2. The van der Waals surface area contributed by atoms with Crippen LogP contribution in [0.5, 0.6) is 0 Å². The predicted molar refractivity (Wildman–Crippen MR) is 119 cm³/mol. The molecule has 0 aliphatic carbocycles. The van der Waals surface area contributed by atoms with Crippen LogP contribution in [0.1, 0.15) is 38.6 Å². The second kappa shape index (κ2) is 8.79. The van der Waals surface area contributed by atoms with Gasteiger partial charge in [0.25, 0.3) is 0 Å². The maximum absolute atomic E-state index is 12.8. The Kier molecular flexibility index (Phi) is 6.07. The van der Waals surface area contributed by atoms with Gasteiger partial charge in [0.05, 0.1) is 5.75 Å².